The molecule has 7 nitrogen and oxygen atoms in total. The minimum atomic E-state index is -1.79. The van der Waals surface area contributed by atoms with Crippen LogP contribution >= 0.6 is 8.69 Å². The Labute approximate surface area is 97.0 Å². The van der Waals surface area contributed by atoms with E-state index in [1.165, 1.54) is 0 Å². The SMILES string of the molecule is O=C(O)CC(O)C(=O)O.O=P[O-].[Na+]. The third-order valence-corrected chi connectivity index (χ3v) is 0.653. The van der Waals surface area contributed by atoms with Crippen LogP contribution in [-0.4, -0.2) is 33.4 Å². The van der Waals surface area contributed by atoms with Gasteiger partial charge in [-0.1, -0.05) is 0 Å². The zero-order chi connectivity index (χ0) is 10.1. The number of rotatable bonds is 3. The van der Waals surface area contributed by atoms with Crippen LogP contribution in [-0.2, 0) is 14.2 Å². The van der Waals surface area contributed by atoms with Crippen LogP contribution in [0.2, 0.25) is 0 Å². The summed E-state index contributed by atoms with van der Waals surface area (Å²) in [7, 11) is -1.08. The summed E-state index contributed by atoms with van der Waals surface area (Å²) in [6.45, 7) is 0. The second-order valence-corrected chi connectivity index (χ2v) is 1.68. The molecule has 0 saturated heterocycles. The first-order valence-corrected chi connectivity index (χ1v) is 3.26. The van der Waals surface area contributed by atoms with Gasteiger partial charge in [0, 0.05) is 0 Å². The van der Waals surface area contributed by atoms with Crippen LogP contribution < -0.4 is 34.5 Å². The summed E-state index contributed by atoms with van der Waals surface area (Å²) < 4.78 is 8.35. The molecule has 0 bridgehead atoms. The predicted octanol–water partition coefficient (Wildman–Crippen LogP) is -4.54. The Morgan fingerprint density at radius 3 is 1.77 bits per heavy atom. The Kier molecular flexibility index (Phi) is 17.2. The molecule has 1 unspecified atom stereocenters. The Morgan fingerprint density at radius 2 is 1.69 bits per heavy atom. The number of carbonyl (C=O) groups is 2. The van der Waals surface area contributed by atoms with E-state index in [4.69, 9.17) is 24.8 Å². The fourth-order valence-electron chi connectivity index (χ4n) is 0.253. The Bertz CT molecular complexity index is 172. The molecule has 0 aromatic carbocycles. The molecule has 0 aromatic heterocycles. The van der Waals surface area contributed by atoms with Gasteiger partial charge in [0.15, 0.2) is 6.10 Å². The van der Waals surface area contributed by atoms with Gasteiger partial charge in [0.25, 0.3) is 0 Å². The van der Waals surface area contributed by atoms with Crippen molar-refractivity contribution in [3.8, 4) is 0 Å². The molecule has 0 aliphatic rings. The maximum absolute atomic E-state index is 9.72. The fraction of sp³-hybridized carbons (Fsp3) is 0.500. The van der Waals surface area contributed by atoms with Gasteiger partial charge in [-0.3, -0.25) is 9.36 Å². The number of hydrogen-bond acceptors (Lipinski definition) is 5. The summed E-state index contributed by atoms with van der Waals surface area (Å²) in [6, 6.07) is 0. The average molecular weight is 220 g/mol. The minimum absolute atomic E-state index is 0. The van der Waals surface area contributed by atoms with Gasteiger partial charge in [-0.25, -0.2) is 4.79 Å². The smallest absolute Gasteiger partial charge is 0.772 e. The third-order valence-electron chi connectivity index (χ3n) is 0.653. The largest absolute Gasteiger partial charge is 1.00 e. The molecule has 1 atom stereocenters. The summed E-state index contributed by atoms with van der Waals surface area (Å²) >= 11 is 0. The molecule has 0 rings (SSSR count). The molecule has 0 fully saturated rings. The van der Waals surface area contributed by atoms with Gasteiger partial charge in [-0.2, -0.15) is 0 Å². The first kappa shape index (κ1) is 18.7. The van der Waals surface area contributed by atoms with E-state index in [0.29, 0.717) is 0 Å². The van der Waals surface area contributed by atoms with Crippen LogP contribution in [0, 0.1) is 0 Å². The number of carboxylic acid groups (broad SMARTS) is 2. The van der Waals surface area contributed by atoms with Crippen molar-refractivity contribution in [1.29, 1.82) is 0 Å². The van der Waals surface area contributed by atoms with Crippen molar-refractivity contribution < 1.29 is 63.9 Å². The van der Waals surface area contributed by atoms with Crippen molar-refractivity contribution in [2.24, 2.45) is 0 Å². The van der Waals surface area contributed by atoms with E-state index in [2.05, 4.69) is 0 Å². The minimum Gasteiger partial charge on any atom is -0.772 e. The topological polar surface area (TPSA) is 135 Å². The van der Waals surface area contributed by atoms with Gasteiger partial charge in [0.1, 0.15) is 0 Å². The molecule has 0 heterocycles. The van der Waals surface area contributed by atoms with E-state index in [1.807, 2.05) is 0 Å². The molecule has 0 aliphatic carbocycles. The second-order valence-electron chi connectivity index (χ2n) is 1.53. The average Bonchev–Trinajstić information content (AvgIpc) is 1.87. The van der Waals surface area contributed by atoms with Crippen molar-refractivity contribution in [2.45, 2.75) is 12.5 Å². The van der Waals surface area contributed by atoms with Crippen LogP contribution in [0.25, 0.3) is 0 Å². The molecule has 0 saturated carbocycles. The molecule has 70 valence electrons. The van der Waals surface area contributed by atoms with Crippen molar-refractivity contribution in [3.05, 3.63) is 0 Å². The molecule has 0 amide bonds. The van der Waals surface area contributed by atoms with Gasteiger partial charge < -0.3 is 20.2 Å². The van der Waals surface area contributed by atoms with Gasteiger partial charge in [0.2, 0.25) is 0 Å². The summed E-state index contributed by atoms with van der Waals surface area (Å²) in [5.41, 5.74) is 0. The zero-order valence-electron chi connectivity index (χ0n) is 6.71. The Balaban J connectivity index is -0.000000220. The molecule has 0 spiro atoms. The maximum Gasteiger partial charge on any atom is 1.00 e. The summed E-state index contributed by atoms with van der Waals surface area (Å²) in [5.74, 6) is -2.85. The quantitative estimate of drug-likeness (QED) is 0.322. The van der Waals surface area contributed by atoms with Crippen LogP contribution in [0.15, 0.2) is 0 Å². The number of aliphatic hydroxyl groups excluding tert-OH is 1. The van der Waals surface area contributed by atoms with E-state index in [1.54, 1.807) is 0 Å². The van der Waals surface area contributed by atoms with Crippen molar-refractivity contribution in [3.63, 3.8) is 0 Å². The van der Waals surface area contributed by atoms with Crippen molar-refractivity contribution in [1.82, 2.24) is 0 Å². The third kappa shape index (κ3) is 18.7. The Hall–Kier alpha value is -0.0400. The number of aliphatic hydroxyl groups is 1. The fourth-order valence-corrected chi connectivity index (χ4v) is 0.253. The number of carboxylic acids is 2. The monoisotopic (exact) mass is 220 g/mol. The molecule has 0 radical (unpaired) electrons. The van der Waals surface area contributed by atoms with Crippen molar-refractivity contribution in [2.75, 3.05) is 0 Å². The van der Waals surface area contributed by atoms with Crippen LogP contribution in [0.3, 0.4) is 0 Å². The maximum atomic E-state index is 9.72. The molecule has 0 aliphatic heterocycles. The number of hydrogen-bond donors (Lipinski definition) is 3. The van der Waals surface area contributed by atoms with Crippen LogP contribution in [0.5, 0.6) is 0 Å². The van der Waals surface area contributed by atoms with Crippen LogP contribution in [0.1, 0.15) is 6.42 Å². The second kappa shape index (κ2) is 12.0. The molecule has 3 N–H and O–H groups in total. The van der Waals surface area contributed by atoms with Gasteiger partial charge in [0.05, 0.1) is 15.1 Å². The molecule has 0 aromatic rings. The van der Waals surface area contributed by atoms with Gasteiger partial charge >= 0.3 is 41.5 Å². The molecule has 9 heteroatoms. The zero-order valence-corrected chi connectivity index (χ0v) is 9.60. The van der Waals surface area contributed by atoms with E-state index >= 15 is 0 Å². The molecular weight excluding hydrogens is 214 g/mol. The summed E-state index contributed by atoms with van der Waals surface area (Å²) in [4.78, 5) is 27.8. The van der Waals surface area contributed by atoms with Gasteiger partial charge in [-0.15, -0.1) is 0 Å². The van der Waals surface area contributed by atoms with E-state index < -0.39 is 33.2 Å². The summed E-state index contributed by atoms with van der Waals surface area (Å²) in [6.07, 6.45) is -2.54. The number of aliphatic carboxylic acids is 2. The van der Waals surface area contributed by atoms with E-state index in [9.17, 15) is 9.59 Å². The standard InChI is InChI=1S/C4H6O5.Na.HO2P/c5-2(4(8)9)1-3(6)7;;1-3-2/h2,5H,1H2,(H,6,7)(H,8,9);;(H,1,2)/q;+1;/p-1. The predicted molar refractivity (Wildman–Crippen MR) is 33.5 cm³/mol. The van der Waals surface area contributed by atoms with Gasteiger partial charge in [-0.05, 0) is 0 Å². The van der Waals surface area contributed by atoms with E-state index in [0.717, 1.165) is 0 Å². The first-order chi connectivity index (χ1) is 5.45. The van der Waals surface area contributed by atoms with E-state index in [-0.39, 0.29) is 29.6 Å². The molecular formula is C4H6NaO7P. The molecule has 13 heavy (non-hydrogen) atoms. The first-order valence-electron chi connectivity index (χ1n) is 2.53. The van der Waals surface area contributed by atoms with Crippen LogP contribution in [0.4, 0.5) is 0 Å². The normalized spacial score (nSPS) is 10.3. The Morgan fingerprint density at radius 1 is 1.38 bits per heavy atom. The summed E-state index contributed by atoms with van der Waals surface area (Å²) in [5, 5.41) is 24.1. The van der Waals surface area contributed by atoms with Crippen molar-refractivity contribution >= 4 is 20.6 Å².